The number of nitrogens with zero attached hydrogens (tertiary/aromatic N) is 1. The normalized spacial score (nSPS) is 17.6. The van der Waals surface area contributed by atoms with E-state index in [1.54, 1.807) is 24.3 Å². The number of carbonyl (C=O) groups excluding carboxylic acids is 1. The fourth-order valence-electron chi connectivity index (χ4n) is 2.56. The van der Waals surface area contributed by atoms with Crippen molar-refractivity contribution in [2.45, 2.75) is 32.3 Å². The second-order valence-electron chi connectivity index (χ2n) is 6.28. The molecule has 1 aromatic carbocycles. The van der Waals surface area contributed by atoms with E-state index in [0.29, 0.717) is 12.2 Å². The highest BCUT2D eigenvalue weighted by molar-refractivity contribution is 7.92. The number of ether oxygens (including phenoxy) is 1. The number of carbonyl (C=O) groups is 1. The molecule has 0 saturated carbocycles. The van der Waals surface area contributed by atoms with Gasteiger partial charge >= 0.3 is 0 Å². The number of sulfonamides is 1. The summed E-state index contributed by atoms with van der Waals surface area (Å²) in [5.41, 5.74) is 1.61. The van der Waals surface area contributed by atoms with Crippen molar-refractivity contribution in [2.75, 3.05) is 26.3 Å². The number of aliphatic hydroxyl groups excluding tert-OH is 2. The van der Waals surface area contributed by atoms with Gasteiger partial charge in [0.2, 0.25) is 10.0 Å². The van der Waals surface area contributed by atoms with E-state index in [2.05, 4.69) is 0 Å². The van der Waals surface area contributed by atoms with Gasteiger partial charge in [-0.25, -0.2) is 8.42 Å². The van der Waals surface area contributed by atoms with Gasteiger partial charge in [0.25, 0.3) is 0 Å². The van der Waals surface area contributed by atoms with Crippen molar-refractivity contribution in [3.8, 4) is 5.75 Å². The van der Waals surface area contributed by atoms with Crippen LogP contribution in [0.15, 0.2) is 23.6 Å². The van der Waals surface area contributed by atoms with Gasteiger partial charge in [-0.2, -0.15) is 4.31 Å². The zero-order chi connectivity index (χ0) is 19.2. The zero-order valence-corrected chi connectivity index (χ0v) is 15.6. The molecule has 0 bridgehead atoms. The summed E-state index contributed by atoms with van der Waals surface area (Å²) in [4.78, 5) is 11.2. The third kappa shape index (κ3) is 5.91. The van der Waals surface area contributed by atoms with Crippen LogP contribution in [0.3, 0.4) is 0 Å². The maximum atomic E-state index is 12.3. The quantitative estimate of drug-likeness (QED) is 0.696. The molecule has 0 spiro atoms. The Balaban J connectivity index is 1.98. The second-order valence-corrected chi connectivity index (χ2v) is 8.10. The highest BCUT2D eigenvalue weighted by atomic mass is 32.2. The van der Waals surface area contributed by atoms with E-state index in [4.69, 9.17) is 9.84 Å². The summed E-state index contributed by atoms with van der Waals surface area (Å²) in [6.45, 7) is 2.29. The van der Waals surface area contributed by atoms with E-state index < -0.39 is 16.1 Å². The van der Waals surface area contributed by atoms with E-state index in [-0.39, 0.29) is 44.9 Å². The van der Waals surface area contributed by atoms with Crippen molar-refractivity contribution >= 4 is 21.9 Å². The highest BCUT2D eigenvalue weighted by Gasteiger charge is 2.24. The van der Waals surface area contributed by atoms with Crippen LogP contribution in [0.25, 0.3) is 6.08 Å². The van der Waals surface area contributed by atoms with Crippen molar-refractivity contribution in [3.63, 3.8) is 0 Å². The topological polar surface area (TPSA) is 104 Å². The summed E-state index contributed by atoms with van der Waals surface area (Å²) in [6.07, 6.45) is 1.61. The van der Waals surface area contributed by atoms with Crippen LogP contribution in [0.2, 0.25) is 0 Å². The molecule has 1 saturated heterocycles. The van der Waals surface area contributed by atoms with Crippen molar-refractivity contribution in [1.29, 1.82) is 0 Å². The van der Waals surface area contributed by atoms with Crippen LogP contribution in [-0.4, -0.2) is 61.1 Å². The van der Waals surface area contributed by atoms with E-state index in [1.807, 2.05) is 6.92 Å². The van der Waals surface area contributed by atoms with Gasteiger partial charge in [-0.3, -0.25) is 4.79 Å². The highest BCUT2D eigenvalue weighted by Crippen LogP contribution is 2.20. The molecule has 2 rings (SSSR count). The fourth-order valence-corrected chi connectivity index (χ4v) is 3.75. The number of aryl methyl sites for hydroxylation is 1. The Morgan fingerprint density at radius 3 is 2.62 bits per heavy atom. The predicted octanol–water partition coefficient (Wildman–Crippen LogP) is 1.08. The first-order chi connectivity index (χ1) is 12.3. The lowest BCUT2D eigenvalue weighted by atomic mass is 10.1. The summed E-state index contributed by atoms with van der Waals surface area (Å²) < 4.78 is 31.5. The molecule has 1 aliphatic heterocycles. The second kappa shape index (κ2) is 9.27. The SMILES string of the molecule is Cc1cc(OCCC(O)CO)ccc1C=CS(=O)(=O)N1CCC(=O)CC1. The van der Waals surface area contributed by atoms with Gasteiger partial charge in [0.05, 0.1) is 19.3 Å². The van der Waals surface area contributed by atoms with Crippen LogP contribution in [0.4, 0.5) is 0 Å². The third-order valence-corrected chi connectivity index (χ3v) is 5.80. The molecule has 2 N–H and O–H groups in total. The number of benzene rings is 1. The average Bonchev–Trinajstić information content (AvgIpc) is 2.61. The molecule has 7 nitrogen and oxygen atoms in total. The van der Waals surface area contributed by atoms with E-state index in [9.17, 15) is 18.3 Å². The Morgan fingerprint density at radius 1 is 1.31 bits per heavy atom. The van der Waals surface area contributed by atoms with Crippen LogP contribution in [-0.2, 0) is 14.8 Å². The number of ketones is 1. The van der Waals surface area contributed by atoms with Crippen molar-refractivity contribution in [2.24, 2.45) is 0 Å². The van der Waals surface area contributed by atoms with Crippen LogP contribution < -0.4 is 4.74 Å². The van der Waals surface area contributed by atoms with Crippen molar-refractivity contribution in [1.82, 2.24) is 4.31 Å². The molecule has 144 valence electrons. The summed E-state index contributed by atoms with van der Waals surface area (Å²) in [7, 11) is -3.54. The molecular formula is C18H25NO6S. The fraction of sp³-hybridized carbons (Fsp3) is 0.500. The predicted molar refractivity (Wildman–Crippen MR) is 98.2 cm³/mol. The zero-order valence-electron chi connectivity index (χ0n) is 14.8. The number of aliphatic hydroxyl groups is 2. The molecule has 0 amide bonds. The lowest BCUT2D eigenvalue weighted by molar-refractivity contribution is -0.120. The third-order valence-electron chi connectivity index (χ3n) is 4.23. The van der Waals surface area contributed by atoms with Crippen molar-refractivity contribution < 1.29 is 28.2 Å². The maximum Gasteiger partial charge on any atom is 0.236 e. The molecule has 0 aliphatic carbocycles. The molecule has 1 heterocycles. The Morgan fingerprint density at radius 2 is 2.00 bits per heavy atom. The van der Waals surface area contributed by atoms with Gasteiger partial charge in [0.15, 0.2) is 0 Å². The van der Waals surface area contributed by atoms with E-state index in [1.165, 1.54) is 9.71 Å². The Labute approximate surface area is 153 Å². The molecule has 8 heteroatoms. The largest absolute Gasteiger partial charge is 0.493 e. The molecule has 1 fully saturated rings. The first kappa shape index (κ1) is 20.6. The first-order valence-electron chi connectivity index (χ1n) is 8.54. The minimum Gasteiger partial charge on any atom is -0.493 e. The number of rotatable bonds is 8. The van der Waals surface area contributed by atoms with Gasteiger partial charge in [-0.05, 0) is 36.3 Å². The van der Waals surface area contributed by atoms with Gasteiger partial charge in [-0.15, -0.1) is 0 Å². The molecule has 0 radical (unpaired) electrons. The summed E-state index contributed by atoms with van der Waals surface area (Å²) in [5.74, 6) is 0.709. The molecule has 1 atom stereocenters. The molecule has 1 aliphatic rings. The first-order valence-corrected chi connectivity index (χ1v) is 10.0. The van der Waals surface area contributed by atoms with Crippen LogP contribution in [0.5, 0.6) is 5.75 Å². The monoisotopic (exact) mass is 383 g/mol. The lowest BCUT2D eigenvalue weighted by Crippen LogP contribution is -2.37. The van der Waals surface area contributed by atoms with E-state index >= 15 is 0 Å². The molecule has 0 aromatic heterocycles. The summed E-state index contributed by atoms with van der Waals surface area (Å²) in [6, 6.07) is 5.28. The molecule has 26 heavy (non-hydrogen) atoms. The number of hydrogen-bond acceptors (Lipinski definition) is 6. The van der Waals surface area contributed by atoms with Crippen LogP contribution in [0, 0.1) is 6.92 Å². The van der Waals surface area contributed by atoms with E-state index in [0.717, 1.165) is 11.1 Å². The standard InChI is InChI=1S/C18H25NO6S/c1-14-12-18(25-10-6-17(22)13-20)3-2-15(14)7-11-26(23,24)19-8-4-16(21)5-9-19/h2-3,7,11-12,17,20,22H,4-6,8-10,13H2,1H3. The minimum absolute atomic E-state index is 0.0957. The van der Waals surface area contributed by atoms with Crippen LogP contribution in [0.1, 0.15) is 30.4 Å². The average molecular weight is 383 g/mol. The molecule has 1 aromatic rings. The van der Waals surface area contributed by atoms with Gasteiger partial charge in [-0.1, -0.05) is 6.07 Å². The summed E-state index contributed by atoms with van der Waals surface area (Å²) >= 11 is 0. The minimum atomic E-state index is -3.54. The Hall–Kier alpha value is -1.74. The number of Topliss-reactive ketones (excluding diaryl/α,β-unsaturated/α-hetero) is 1. The van der Waals surface area contributed by atoms with Crippen LogP contribution >= 0.6 is 0 Å². The Kier molecular flexibility index (Phi) is 7.33. The maximum absolute atomic E-state index is 12.3. The number of hydrogen-bond donors (Lipinski definition) is 2. The van der Waals surface area contributed by atoms with Gasteiger partial charge in [0.1, 0.15) is 11.5 Å². The smallest absolute Gasteiger partial charge is 0.236 e. The molecule has 1 unspecified atom stereocenters. The number of piperidine rings is 1. The van der Waals surface area contributed by atoms with Gasteiger partial charge in [0, 0.05) is 37.8 Å². The summed E-state index contributed by atoms with van der Waals surface area (Å²) in [5, 5.41) is 19.2. The molecular weight excluding hydrogens is 358 g/mol. The Bertz CT molecular complexity index is 749. The van der Waals surface area contributed by atoms with Gasteiger partial charge < -0.3 is 14.9 Å². The van der Waals surface area contributed by atoms with Crippen molar-refractivity contribution in [3.05, 3.63) is 34.7 Å². The lowest BCUT2D eigenvalue weighted by Gasteiger charge is -2.23.